The number of carbonyl (C=O) groups is 1. The van der Waals surface area contributed by atoms with E-state index in [0.717, 1.165) is 6.42 Å². The molecule has 0 amide bonds. The number of Topliss-reactive ketones (excluding diaryl/α,β-unsaturated/α-hetero) is 1. The molecule has 0 radical (unpaired) electrons. The summed E-state index contributed by atoms with van der Waals surface area (Å²) in [6.45, 7) is 4.12. The van der Waals surface area contributed by atoms with Crippen LogP contribution in [-0.2, 0) is 11.3 Å². The molecule has 74 valence electrons. The first-order chi connectivity index (χ1) is 6.69. The van der Waals surface area contributed by atoms with E-state index in [2.05, 4.69) is 4.98 Å². The minimum Gasteiger partial charge on any atom is -0.315 e. The SMILES string of the molecule is CCC(C)C(=O)Cn1ccnc1C#N. The fourth-order valence-electron chi connectivity index (χ4n) is 1.10. The molecule has 1 rings (SSSR count). The van der Waals surface area contributed by atoms with Crippen LogP contribution >= 0.6 is 0 Å². The molecule has 0 aliphatic carbocycles. The molecular weight excluding hydrogens is 178 g/mol. The number of aromatic nitrogens is 2. The standard InChI is InChI=1S/C10H13N3O/c1-3-8(2)9(14)7-13-5-4-12-10(13)6-11/h4-5,8H,3,7H2,1-2H3. The zero-order chi connectivity index (χ0) is 10.6. The van der Waals surface area contributed by atoms with Crippen LogP contribution in [0.2, 0.25) is 0 Å². The van der Waals surface area contributed by atoms with Crippen LogP contribution in [0.3, 0.4) is 0 Å². The summed E-state index contributed by atoms with van der Waals surface area (Å²) in [6, 6.07) is 1.94. The number of rotatable bonds is 4. The molecule has 1 heterocycles. The van der Waals surface area contributed by atoms with Crippen molar-refractivity contribution in [3.63, 3.8) is 0 Å². The van der Waals surface area contributed by atoms with Crippen molar-refractivity contribution >= 4 is 5.78 Å². The molecule has 4 heteroatoms. The Hall–Kier alpha value is -1.63. The lowest BCUT2D eigenvalue weighted by atomic mass is 10.0. The summed E-state index contributed by atoms with van der Waals surface area (Å²) in [5.74, 6) is 0.479. The normalized spacial score (nSPS) is 12.1. The maximum absolute atomic E-state index is 11.6. The Kier molecular flexibility index (Phi) is 3.41. The molecule has 4 nitrogen and oxygen atoms in total. The van der Waals surface area contributed by atoms with Crippen LogP contribution in [0.15, 0.2) is 12.4 Å². The maximum atomic E-state index is 11.6. The number of imidazole rings is 1. The van der Waals surface area contributed by atoms with Gasteiger partial charge < -0.3 is 4.57 Å². The highest BCUT2D eigenvalue weighted by molar-refractivity contribution is 5.80. The van der Waals surface area contributed by atoms with Crippen molar-refractivity contribution in [2.75, 3.05) is 0 Å². The van der Waals surface area contributed by atoms with Crippen LogP contribution in [0, 0.1) is 17.2 Å². The second-order valence-electron chi connectivity index (χ2n) is 3.27. The van der Waals surface area contributed by atoms with Crippen molar-refractivity contribution in [1.29, 1.82) is 5.26 Å². The Balaban J connectivity index is 2.70. The first kappa shape index (κ1) is 10.5. The van der Waals surface area contributed by atoms with E-state index in [0.29, 0.717) is 5.82 Å². The van der Waals surface area contributed by atoms with Crippen molar-refractivity contribution in [1.82, 2.24) is 9.55 Å². The molecule has 0 fully saturated rings. The van der Waals surface area contributed by atoms with Gasteiger partial charge in [-0.1, -0.05) is 13.8 Å². The first-order valence-electron chi connectivity index (χ1n) is 4.63. The smallest absolute Gasteiger partial charge is 0.213 e. The fourth-order valence-corrected chi connectivity index (χ4v) is 1.10. The van der Waals surface area contributed by atoms with E-state index in [-0.39, 0.29) is 18.2 Å². The molecule has 0 saturated heterocycles. The Morgan fingerprint density at radius 1 is 1.79 bits per heavy atom. The summed E-state index contributed by atoms with van der Waals surface area (Å²) in [5, 5.41) is 8.67. The van der Waals surface area contributed by atoms with E-state index < -0.39 is 0 Å². The van der Waals surface area contributed by atoms with Gasteiger partial charge in [-0.2, -0.15) is 5.26 Å². The van der Waals surface area contributed by atoms with Crippen LogP contribution in [0.1, 0.15) is 26.1 Å². The molecule has 1 unspecified atom stereocenters. The third-order valence-corrected chi connectivity index (χ3v) is 2.30. The summed E-state index contributed by atoms with van der Waals surface area (Å²) in [6.07, 6.45) is 4.01. The van der Waals surface area contributed by atoms with E-state index in [9.17, 15) is 4.79 Å². The Morgan fingerprint density at radius 2 is 2.50 bits per heavy atom. The number of carbonyl (C=O) groups excluding carboxylic acids is 1. The first-order valence-corrected chi connectivity index (χ1v) is 4.63. The molecular formula is C10H13N3O. The molecule has 1 aromatic rings. The number of nitriles is 1. The van der Waals surface area contributed by atoms with E-state index in [1.165, 1.54) is 6.20 Å². The minimum absolute atomic E-state index is 0.0453. The largest absolute Gasteiger partial charge is 0.315 e. The number of hydrogen-bond donors (Lipinski definition) is 0. The molecule has 0 aromatic carbocycles. The van der Waals surface area contributed by atoms with E-state index >= 15 is 0 Å². The summed E-state index contributed by atoms with van der Waals surface area (Å²) >= 11 is 0. The highest BCUT2D eigenvalue weighted by atomic mass is 16.1. The van der Waals surface area contributed by atoms with Gasteiger partial charge in [-0.25, -0.2) is 4.98 Å². The molecule has 0 spiro atoms. The maximum Gasteiger partial charge on any atom is 0.213 e. The Bertz CT molecular complexity index is 362. The summed E-state index contributed by atoms with van der Waals surface area (Å²) in [4.78, 5) is 15.4. The van der Waals surface area contributed by atoms with Gasteiger partial charge in [0, 0.05) is 18.3 Å². The second kappa shape index (κ2) is 4.56. The van der Waals surface area contributed by atoms with Gasteiger partial charge in [-0.05, 0) is 6.42 Å². The summed E-state index contributed by atoms with van der Waals surface area (Å²) in [7, 11) is 0. The predicted octanol–water partition coefficient (Wildman–Crippen LogP) is 1.37. The lowest BCUT2D eigenvalue weighted by Crippen LogP contribution is -2.17. The molecule has 0 bridgehead atoms. The Morgan fingerprint density at radius 3 is 3.07 bits per heavy atom. The molecule has 0 N–H and O–H groups in total. The van der Waals surface area contributed by atoms with Gasteiger partial charge in [-0.3, -0.25) is 4.79 Å². The van der Waals surface area contributed by atoms with Crippen molar-refractivity contribution in [2.45, 2.75) is 26.8 Å². The van der Waals surface area contributed by atoms with Crippen LogP contribution in [0.25, 0.3) is 0 Å². The van der Waals surface area contributed by atoms with Gasteiger partial charge in [0.1, 0.15) is 6.07 Å². The van der Waals surface area contributed by atoms with Gasteiger partial charge in [-0.15, -0.1) is 0 Å². The van der Waals surface area contributed by atoms with Crippen LogP contribution < -0.4 is 0 Å². The van der Waals surface area contributed by atoms with Gasteiger partial charge in [0.25, 0.3) is 0 Å². The average molecular weight is 191 g/mol. The van der Waals surface area contributed by atoms with Crippen molar-refractivity contribution in [2.24, 2.45) is 5.92 Å². The highest BCUT2D eigenvalue weighted by Gasteiger charge is 2.12. The lowest BCUT2D eigenvalue weighted by molar-refractivity contribution is -0.123. The molecule has 1 atom stereocenters. The van der Waals surface area contributed by atoms with E-state index in [1.54, 1.807) is 10.8 Å². The van der Waals surface area contributed by atoms with E-state index in [4.69, 9.17) is 5.26 Å². The monoisotopic (exact) mass is 191 g/mol. The molecule has 0 saturated carbocycles. The zero-order valence-electron chi connectivity index (χ0n) is 8.40. The predicted molar refractivity (Wildman–Crippen MR) is 51.4 cm³/mol. The summed E-state index contributed by atoms with van der Waals surface area (Å²) < 4.78 is 1.58. The fraction of sp³-hybridized carbons (Fsp3) is 0.500. The van der Waals surface area contributed by atoms with Crippen LogP contribution in [-0.4, -0.2) is 15.3 Å². The molecule has 14 heavy (non-hydrogen) atoms. The minimum atomic E-state index is 0.0453. The van der Waals surface area contributed by atoms with Crippen molar-refractivity contribution in [3.05, 3.63) is 18.2 Å². The van der Waals surface area contributed by atoms with Crippen LogP contribution in [0.4, 0.5) is 0 Å². The van der Waals surface area contributed by atoms with Crippen molar-refractivity contribution in [3.8, 4) is 6.07 Å². The topological polar surface area (TPSA) is 58.7 Å². The number of nitrogens with zero attached hydrogens (tertiary/aromatic N) is 3. The number of hydrogen-bond acceptors (Lipinski definition) is 3. The quantitative estimate of drug-likeness (QED) is 0.722. The molecule has 0 aliphatic rings. The van der Waals surface area contributed by atoms with Gasteiger partial charge in [0.15, 0.2) is 5.78 Å². The molecule has 0 aliphatic heterocycles. The van der Waals surface area contributed by atoms with Gasteiger partial charge in [0.05, 0.1) is 6.54 Å². The summed E-state index contributed by atoms with van der Waals surface area (Å²) in [5.41, 5.74) is 0. The number of ketones is 1. The highest BCUT2D eigenvalue weighted by Crippen LogP contribution is 2.05. The average Bonchev–Trinajstić information content (AvgIpc) is 2.63. The third-order valence-electron chi connectivity index (χ3n) is 2.30. The van der Waals surface area contributed by atoms with Gasteiger partial charge >= 0.3 is 0 Å². The Labute approximate surface area is 83.2 Å². The lowest BCUT2D eigenvalue weighted by Gasteiger charge is -2.07. The van der Waals surface area contributed by atoms with Gasteiger partial charge in [0.2, 0.25) is 5.82 Å². The van der Waals surface area contributed by atoms with Crippen molar-refractivity contribution < 1.29 is 4.79 Å². The third kappa shape index (κ3) is 2.19. The zero-order valence-corrected chi connectivity index (χ0v) is 8.40. The second-order valence-corrected chi connectivity index (χ2v) is 3.27. The molecule has 1 aromatic heterocycles. The van der Waals surface area contributed by atoms with E-state index in [1.807, 2.05) is 19.9 Å². The van der Waals surface area contributed by atoms with Crippen LogP contribution in [0.5, 0.6) is 0 Å².